The third kappa shape index (κ3) is 5.13. The molecule has 3 aromatic rings. The molecule has 0 amide bonds. The lowest BCUT2D eigenvalue weighted by Crippen LogP contribution is -2.15. The third-order valence-electron chi connectivity index (χ3n) is 4.66. The highest BCUT2D eigenvalue weighted by Crippen LogP contribution is 2.31. The molecule has 0 saturated heterocycles. The van der Waals surface area contributed by atoms with E-state index in [1.165, 1.54) is 11.1 Å². The van der Waals surface area contributed by atoms with E-state index in [2.05, 4.69) is 63.1 Å². The summed E-state index contributed by atoms with van der Waals surface area (Å²) >= 11 is 0. The Bertz CT molecular complexity index is 937. The van der Waals surface area contributed by atoms with Crippen LogP contribution in [0.2, 0.25) is 0 Å². The van der Waals surface area contributed by atoms with Crippen molar-refractivity contribution < 1.29 is 4.74 Å². The minimum Gasteiger partial charge on any atom is -0.497 e. The van der Waals surface area contributed by atoms with Gasteiger partial charge in [0.15, 0.2) is 0 Å². The Morgan fingerprint density at radius 1 is 1.00 bits per heavy atom. The molecule has 1 aliphatic rings. The molecule has 1 aromatic heterocycles. The number of aromatic nitrogens is 2. The van der Waals surface area contributed by atoms with Gasteiger partial charge in [0, 0.05) is 13.1 Å². The largest absolute Gasteiger partial charge is 0.497 e. The van der Waals surface area contributed by atoms with Crippen LogP contribution >= 0.6 is 0 Å². The molecule has 0 unspecified atom stereocenters. The first-order valence-corrected chi connectivity index (χ1v) is 10.0. The number of rotatable bonds is 6. The Balaban J connectivity index is 0.00000117. The summed E-state index contributed by atoms with van der Waals surface area (Å²) < 4.78 is 5.25. The highest BCUT2D eigenvalue weighted by molar-refractivity contribution is 5.92. The lowest BCUT2D eigenvalue weighted by molar-refractivity contribution is 0.415. The van der Waals surface area contributed by atoms with Gasteiger partial charge >= 0.3 is 0 Å². The Morgan fingerprint density at radius 3 is 2.48 bits per heavy atom. The van der Waals surface area contributed by atoms with Crippen molar-refractivity contribution in [2.24, 2.45) is 0 Å². The van der Waals surface area contributed by atoms with Crippen LogP contribution in [-0.4, -0.2) is 30.2 Å². The molecular weight excluding hydrogens is 360 g/mol. The van der Waals surface area contributed by atoms with Gasteiger partial charge in [-0.25, -0.2) is 9.97 Å². The number of hydrogen-bond donors (Lipinski definition) is 2. The molecule has 5 heteroatoms. The monoisotopic (exact) mass is 388 g/mol. The SMILES string of the molecule is CC.COc1ccc(C2=Cc3c(NCCc4ccccc4)ncnc3NC2)cc1. The zero-order chi connectivity index (χ0) is 20.5. The van der Waals surface area contributed by atoms with Crippen LogP contribution < -0.4 is 15.4 Å². The van der Waals surface area contributed by atoms with Crippen molar-refractivity contribution >= 4 is 23.3 Å². The van der Waals surface area contributed by atoms with Crippen LogP contribution in [0.4, 0.5) is 11.6 Å². The van der Waals surface area contributed by atoms with E-state index in [9.17, 15) is 0 Å². The van der Waals surface area contributed by atoms with Gasteiger partial charge in [0.25, 0.3) is 0 Å². The second-order valence-electron chi connectivity index (χ2n) is 6.40. The van der Waals surface area contributed by atoms with Crippen molar-refractivity contribution in [2.75, 3.05) is 30.8 Å². The van der Waals surface area contributed by atoms with Gasteiger partial charge in [-0.3, -0.25) is 0 Å². The predicted molar refractivity (Wildman–Crippen MR) is 121 cm³/mol. The van der Waals surface area contributed by atoms with Gasteiger partial charge in [-0.2, -0.15) is 0 Å². The second-order valence-corrected chi connectivity index (χ2v) is 6.40. The molecule has 150 valence electrons. The number of ether oxygens (including phenoxy) is 1. The summed E-state index contributed by atoms with van der Waals surface area (Å²) in [6, 6.07) is 18.5. The fourth-order valence-corrected chi connectivity index (χ4v) is 3.18. The van der Waals surface area contributed by atoms with Crippen LogP contribution in [0.5, 0.6) is 5.75 Å². The van der Waals surface area contributed by atoms with Gasteiger partial charge in [-0.1, -0.05) is 56.3 Å². The summed E-state index contributed by atoms with van der Waals surface area (Å²) in [5, 5.41) is 6.85. The Morgan fingerprint density at radius 2 is 1.76 bits per heavy atom. The number of hydrogen-bond acceptors (Lipinski definition) is 5. The zero-order valence-electron chi connectivity index (χ0n) is 17.3. The van der Waals surface area contributed by atoms with Gasteiger partial charge in [0.1, 0.15) is 23.7 Å². The van der Waals surface area contributed by atoms with Crippen LogP contribution in [0.15, 0.2) is 60.9 Å². The highest BCUT2D eigenvalue weighted by Gasteiger charge is 2.16. The van der Waals surface area contributed by atoms with Gasteiger partial charge < -0.3 is 15.4 Å². The van der Waals surface area contributed by atoms with Gasteiger partial charge in [0.2, 0.25) is 0 Å². The van der Waals surface area contributed by atoms with E-state index in [0.29, 0.717) is 0 Å². The summed E-state index contributed by atoms with van der Waals surface area (Å²) in [6.07, 6.45) is 4.71. The maximum Gasteiger partial charge on any atom is 0.139 e. The van der Waals surface area contributed by atoms with Crippen molar-refractivity contribution in [3.05, 3.63) is 77.6 Å². The molecule has 2 N–H and O–H groups in total. The summed E-state index contributed by atoms with van der Waals surface area (Å²) in [5.41, 5.74) is 4.67. The predicted octanol–water partition coefficient (Wildman–Crippen LogP) is 5.13. The van der Waals surface area contributed by atoms with Crippen molar-refractivity contribution in [1.82, 2.24) is 9.97 Å². The Hall–Kier alpha value is -3.34. The molecule has 0 spiro atoms. The molecule has 2 heterocycles. The van der Waals surface area contributed by atoms with Crippen molar-refractivity contribution in [1.29, 1.82) is 0 Å². The molecule has 0 atom stereocenters. The standard InChI is InChI=1S/C22H22N4O.C2H6/c1-27-19-9-7-17(8-10-19)18-13-20-21(25-15-26-22(20)24-14-18)23-12-11-16-5-3-2-4-6-16;1-2/h2-10,13,15H,11-12,14H2,1H3,(H2,23,24,25,26);1-2H3. The lowest BCUT2D eigenvalue weighted by atomic mass is 10.0. The van der Waals surface area contributed by atoms with Crippen molar-refractivity contribution in [3.8, 4) is 5.75 Å². The maximum atomic E-state index is 5.25. The molecule has 5 nitrogen and oxygen atoms in total. The second kappa shape index (κ2) is 10.3. The van der Waals surface area contributed by atoms with E-state index in [-0.39, 0.29) is 0 Å². The van der Waals surface area contributed by atoms with Crippen molar-refractivity contribution in [2.45, 2.75) is 20.3 Å². The van der Waals surface area contributed by atoms with Crippen LogP contribution in [-0.2, 0) is 6.42 Å². The molecule has 1 aliphatic heterocycles. The Kier molecular flexibility index (Phi) is 7.22. The molecule has 0 bridgehead atoms. The molecule has 0 aliphatic carbocycles. The zero-order valence-corrected chi connectivity index (χ0v) is 17.3. The van der Waals surface area contributed by atoms with E-state index in [1.807, 2.05) is 32.0 Å². The topological polar surface area (TPSA) is 59.1 Å². The molecule has 29 heavy (non-hydrogen) atoms. The van der Waals surface area contributed by atoms with E-state index in [1.54, 1.807) is 13.4 Å². The summed E-state index contributed by atoms with van der Waals surface area (Å²) in [4.78, 5) is 8.83. The first kappa shape index (κ1) is 20.4. The number of nitrogens with zero attached hydrogens (tertiary/aromatic N) is 2. The van der Waals surface area contributed by atoms with Crippen LogP contribution in [0.3, 0.4) is 0 Å². The minimum absolute atomic E-state index is 0.736. The van der Waals surface area contributed by atoms with E-state index in [4.69, 9.17) is 4.74 Å². The van der Waals surface area contributed by atoms with Crippen LogP contribution in [0.25, 0.3) is 11.6 Å². The molecule has 2 aromatic carbocycles. The minimum atomic E-state index is 0.736. The van der Waals surface area contributed by atoms with E-state index >= 15 is 0 Å². The summed E-state index contributed by atoms with van der Waals surface area (Å²) in [6.45, 7) is 5.55. The van der Waals surface area contributed by atoms with Crippen molar-refractivity contribution in [3.63, 3.8) is 0 Å². The number of anilines is 2. The maximum absolute atomic E-state index is 5.25. The first-order chi connectivity index (χ1) is 14.3. The van der Waals surface area contributed by atoms with Gasteiger partial charge in [0.05, 0.1) is 12.7 Å². The number of methoxy groups -OCH3 is 1. The summed E-state index contributed by atoms with van der Waals surface area (Å²) in [7, 11) is 1.68. The van der Waals surface area contributed by atoms with E-state index < -0.39 is 0 Å². The van der Waals surface area contributed by atoms with Gasteiger partial charge in [-0.15, -0.1) is 0 Å². The summed E-state index contributed by atoms with van der Waals surface area (Å²) in [5.74, 6) is 2.58. The third-order valence-corrected chi connectivity index (χ3v) is 4.66. The fourth-order valence-electron chi connectivity index (χ4n) is 3.18. The number of nitrogens with one attached hydrogen (secondary N) is 2. The van der Waals surface area contributed by atoms with Crippen LogP contribution in [0, 0.1) is 0 Å². The van der Waals surface area contributed by atoms with E-state index in [0.717, 1.165) is 48.0 Å². The highest BCUT2D eigenvalue weighted by atomic mass is 16.5. The Labute approximate surface area is 172 Å². The lowest BCUT2D eigenvalue weighted by Gasteiger charge is -2.20. The van der Waals surface area contributed by atoms with Crippen LogP contribution in [0.1, 0.15) is 30.5 Å². The molecule has 0 radical (unpaired) electrons. The fraction of sp³-hybridized carbons (Fsp3) is 0.250. The number of benzene rings is 2. The quantitative estimate of drug-likeness (QED) is 0.613. The average molecular weight is 389 g/mol. The normalized spacial score (nSPS) is 11.9. The first-order valence-electron chi connectivity index (χ1n) is 10.0. The number of fused-ring (bicyclic) bond motifs is 1. The smallest absolute Gasteiger partial charge is 0.139 e. The van der Waals surface area contributed by atoms with Gasteiger partial charge in [-0.05, 0) is 41.3 Å². The molecule has 4 rings (SSSR count). The average Bonchev–Trinajstić information content (AvgIpc) is 2.81. The molecule has 0 saturated carbocycles. The molecular formula is C24H28N4O. The molecule has 0 fully saturated rings.